The molecular formula is C23H40N3+3. The number of nitrogens with one attached hydrogen (secondary N) is 3. The van der Waals surface area contributed by atoms with Gasteiger partial charge in [-0.1, -0.05) is 43.7 Å². The lowest BCUT2D eigenvalue weighted by Crippen LogP contribution is -3.31. The number of piperazine rings is 1. The smallest absolute Gasteiger partial charge is 0.127 e. The highest BCUT2D eigenvalue weighted by Gasteiger charge is 2.36. The highest BCUT2D eigenvalue weighted by molar-refractivity contribution is 5.13. The molecule has 2 saturated heterocycles. The fourth-order valence-corrected chi connectivity index (χ4v) is 6.01. The Labute approximate surface area is 160 Å². The number of rotatable bonds is 4. The van der Waals surface area contributed by atoms with E-state index >= 15 is 0 Å². The van der Waals surface area contributed by atoms with Gasteiger partial charge in [0.05, 0.1) is 25.2 Å². The predicted molar refractivity (Wildman–Crippen MR) is 107 cm³/mol. The van der Waals surface area contributed by atoms with Crippen molar-refractivity contribution in [2.75, 3.05) is 39.3 Å². The summed E-state index contributed by atoms with van der Waals surface area (Å²) in [7, 11) is 0. The van der Waals surface area contributed by atoms with Gasteiger partial charge >= 0.3 is 0 Å². The van der Waals surface area contributed by atoms with Gasteiger partial charge in [0.2, 0.25) is 0 Å². The molecule has 2 heterocycles. The van der Waals surface area contributed by atoms with Gasteiger partial charge in [-0.05, 0) is 18.8 Å². The van der Waals surface area contributed by atoms with E-state index in [0.29, 0.717) is 0 Å². The van der Waals surface area contributed by atoms with E-state index in [1.165, 1.54) is 89.9 Å². The van der Waals surface area contributed by atoms with Crippen LogP contribution in [0.4, 0.5) is 0 Å². The van der Waals surface area contributed by atoms with Gasteiger partial charge in [-0.15, -0.1) is 0 Å². The number of hydrogen-bond donors (Lipinski definition) is 3. The summed E-state index contributed by atoms with van der Waals surface area (Å²) in [5.74, 6) is 0.976. The van der Waals surface area contributed by atoms with Gasteiger partial charge < -0.3 is 14.7 Å². The second-order valence-electron chi connectivity index (χ2n) is 9.47. The summed E-state index contributed by atoms with van der Waals surface area (Å²) in [4.78, 5) is 5.69. The molecule has 0 aromatic heterocycles. The molecule has 4 rings (SSSR count). The largest absolute Gasteiger partial charge is 0.331 e. The zero-order chi connectivity index (χ0) is 17.8. The summed E-state index contributed by atoms with van der Waals surface area (Å²) in [5.41, 5.74) is 1.51. The molecule has 26 heavy (non-hydrogen) atoms. The standard InChI is InChI=1S/C23H37N3/c1-20-6-5-9-23(18-20)26-16-14-25(15-17-26)22-10-12-24(13-11-22)19-21-7-3-2-4-8-21/h2-4,7-8,20,22-23H,5-6,9-19H2,1H3/p+3/t20-,23+/m1/s1. The first-order valence-corrected chi connectivity index (χ1v) is 11.3. The van der Waals surface area contributed by atoms with E-state index in [-0.39, 0.29) is 0 Å². The van der Waals surface area contributed by atoms with Crippen LogP contribution in [0.2, 0.25) is 0 Å². The SMILES string of the molecule is C[C@@H]1CCC[C@H]([NH+]2CC[NH+](C3CC[NH+](Cc4ccccc4)CC3)CC2)C1. The van der Waals surface area contributed by atoms with Crippen molar-refractivity contribution >= 4 is 0 Å². The second kappa shape index (κ2) is 8.86. The van der Waals surface area contributed by atoms with Gasteiger partial charge in [-0.3, -0.25) is 0 Å². The van der Waals surface area contributed by atoms with Gasteiger partial charge in [0.15, 0.2) is 0 Å². The minimum atomic E-state index is 0.946. The van der Waals surface area contributed by atoms with Crippen molar-refractivity contribution in [3.8, 4) is 0 Å². The molecule has 2 atom stereocenters. The number of hydrogen-bond acceptors (Lipinski definition) is 0. The molecule has 144 valence electrons. The number of likely N-dealkylation sites (tertiary alicyclic amines) is 1. The van der Waals surface area contributed by atoms with Gasteiger partial charge in [0.25, 0.3) is 0 Å². The topological polar surface area (TPSA) is 13.3 Å². The third-order valence-corrected chi connectivity index (χ3v) is 7.62. The van der Waals surface area contributed by atoms with E-state index in [1.54, 1.807) is 4.90 Å². The Morgan fingerprint density at radius 3 is 2.08 bits per heavy atom. The Balaban J connectivity index is 1.20. The van der Waals surface area contributed by atoms with Crippen molar-refractivity contribution < 1.29 is 14.7 Å². The summed E-state index contributed by atoms with van der Waals surface area (Å²) in [6.45, 7) is 12.2. The first kappa shape index (κ1) is 18.5. The summed E-state index contributed by atoms with van der Waals surface area (Å²) < 4.78 is 0. The molecule has 1 aromatic carbocycles. The summed E-state index contributed by atoms with van der Waals surface area (Å²) in [6.07, 6.45) is 8.82. The van der Waals surface area contributed by atoms with Gasteiger partial charge in [-0.25, -0.2) is 0 Å². The van der Waals surface area contributed by atoms with Crippen molar-refractivity contribution in [1.82, 2.24) is 0 Å². The van der Waals surface area contributed by atoms with Crippen LogP contribution in [-0.4, -0.2) is 51.4 Å². The molecule has 0 bridgehead atoms. The molecule has 3 heteroatoms. The van der Waals surface area contributed by atoms with E-state index < -0.39 is 0 Å². The lowest BCUT2D eigenvalue weighted by Gasteiger charge is -2.41. The number of quaternary nitrogens is 3. The maximum absolute atomic E-state index is 2.47. The Bertz CT molecular complexity index is 530. The van der Waals surface area contributed by atoms with Crippen LogP contribution in [-0.2, 0) is 6.54 Å². The minimum Gasteiger partial charge on any atom is -0.331 e. The van der Waals surface area contributed by atoms with Crippen LogP contribution in [0.15, 0.2) is 30.3 Å². The van der Waals surface area contributed by atoms with Crippen molar-refractivity contribution in [3.05, 3.63) is 35.9 Å². The Morgan fingerprint density at radius 1 is 0.769 bits per heavy atom. The summed E-state index contributed by atoms with van der Waals surface area (Å²) in [6, 6.07) is 13.0. The molecule has 0 unspecified atom stereocenters. The Morgan fingerprint density at radius 2 is 1.42 bits per heavy atom. The molecule has 1 aromatic rings. The maximum atomic E-state index is 2.47. The van der Waals surface area contributed by atoms with Gasteiger partial charge in [0, 0.05) is 24.8 Å². The van der Waals surface area contributed by atoms with Crippen molar-refractivity contribution in [3.63, 3.8) is 0 Å². The lowest BCUT2D eigenvalue weighted by molar-refractivity contribution is -1.04. The molecule has 0 radical (unpaired) electrons. The van der Waals surface area contributed by atoms with E-state index in [4.69, 9.17) is 0 Å². The van der Waals surface area contributed by atoms with Crippen LogP contribution in [0, 0.1) is 5.92 Å². The molecule has 3 N–H and O–H groups in total. The number of piperidine rings is 1. The fraction of sp³-hybridized carbons (Fsp3) is 0.739. The third kappa shape index (κ3) is 4.68. The summed E-state index contributed by atoms with van der Waals surface area (Å²) >= 11 is 0. The van der Waals surface area contributed by atoms with Crippen LogP contribution >= 0.6 is 0 Å². The predicted octanol–water partition coefficient (Wildman–Crippen LogP) is -0.404. The third-order valence-electron chi connectivity index (χ3n) is 7.62. The van der Waals surface area contributed by atoms with Crippen LogP contribution in [0.1, 0.15) is 51.0 Å². The van der Waals surface area contributed by atoms with Crippen molar-refractivity contribution in [2.45, 2.75) is 64.1 Å². The first-order chi connectivity index (χ1) is 12.8. The molecule has 1 aliphatic carbocycles. The van der Waals surface area contributed by atoms with Crippen LogP contribution in [0.25, 0.3) is 0 Å². The highest BCUT2D eigenvalue weighted by atomic mass is 15.3. The highest BCUT2D eigenvalue weighted by Crippen LogP contribution is 2.21. The monoisotopic (exact) mass is 358 g/mol. The molecular weight excluding hydrogens is 318 g/mol. The van der Waals surface area contributed by atoms with Gasteiger partial charge in [0.1, 0.15) is 32.7 Å². The molecule has 3 fully saturated rings. The van der Waals surface area contributed by atoms with Crippen LogP contribution in [0.5, 0.6) is 0 Å². The Hall–Kier alpha value is -0.900. The van der Waals surface area contributed by atoms with Gasteiger partial charge in [-0.2, -0.15) is 0 Å². The molecule has 1 saturated carbocycles. The average Bonchev–Trinajstić information content (AvgIpc) is 2.70. The molecule has 0 amide bonds. The fourth-order valence-electron chi connectivity index (χ4n) is 6.01. The van der Waals surface area contributed by atoms with E-state index in [1.807, 2.05) is 9.80 Å². The molecule has 3 aliphatic rings. The molecule has 2 aliphatic heterocycles. The zero-order valence-corrected chi connectivity index (χ0v) is 16.8. The average molecular weight is 359 g/mol. The van der Waals surface area contributed by atoms with Crippen LogP contribution in [0.3, 0.4) is 0 Å². The second-order valence-corrected chi connectivity index (χ2v) is 9.47. The number of benzene rings is 1. The summed E-state index contributed by atoms with van der Waals surface area (Å²) in [5, 5.41) is 0. The zero-order valence-electron chi connectivity index (χ0n) is 16.8. The van der Waals surface area contributed by atoms with Crippen molar-refractivity contribution in [1.29, 1.82) is 0 Å². The van der Waals surface area contributed by atoms with E-state index in [9.17, 15) is 0 Å². The van der Waals surface area contributed by atoms with Crippen molar-refractivity contribution in [2.24, 2.45) is 5.92 Å². The van der Waals surface area contributed by atoms with E-state index in [2.05, 4.69) is 37.3 Å². The molecule has 3 nitrogen and oxygen atoms in total. The maximum Gasteiger partial charge on any atom is 0.127 e. The molecule has 0 spiro atoms. The quantitative estimate of drug-likeness (QED) is 0.648. The lowest BCUT2D eigenvalue weighted by atomic mass is 9.86. The van der Waals surface area contributed by atoms with E-state index in [0.717, 1.165) is 18.0 Å². The normalized spacial score (nSPS) is 38.8. The first-order valence-electron chi connectivity index (χ1n) is 11.3. The Kier molecular flexibility index (Phi) is 6.29. The minimum absolute atomic E-state index is 0.946. The van der Waals surface area contributed by atoms with Crippen LogP contribution < -0.4 is 14.7 Å².